The van der Waals surface area contributed by atoms with Crippen molar-refractivity contribution in [1.82, 2.24) is 5.09 Å². The molecule has 8 heteroatoms. The summed E-state index contributed by atoms with van der Waals surface area (Å²) in [6.07, 6.45) is 5.60. The predicted octanol–water partition coefficient (Wildman–Crippen LogP) is 4.08. The van der Waals surface area contributed by atoms with E-state index in [2.05, 4.69) is 5.09 Å². The third-order valence-electron chi connectivity index (χ3n) is 3.72. The van der Waals surface area contributed by atoms with Gasteiger partial charge in [-0.2, -0.15) is 0 Å². The Balaban J connectivity index is 2.18. The molecule has 22 heavy (non-hydrogen) atoms. The van der Waals surface area contributed by atoms with Crippen molar-refractivity contribution in [3.05, 3.63) is 33.9 Å². The summed E-state index contributed by atoms with van der Waals surface area (Å²) < 4.78 is 11.1. The molecular formula is C14H21N2O4PS. The van der Waals surface area contributed by atoms with Crippen molar-refractivity contribution in [1.29, 1.82) is 0 Å². The van der Waals surface area contributed by atoms with Crippen molar-refractivity contribution in [2.24, 2.45) is 0 Å². The van der Waals surface area contributed by atoms with Crippen molar-refractivity contribution < 1.29 is 14.0 Å². The SMILES string of the molecule is COP(=S)(NC1CCCCC1)Oc1ccc(C)cc1[N+](=O)[O-]. The van der Waals surface area contributed by atoms with E-state index in [1.165, 1.54) is 19.6 Å². The lowest BCUT2D eigenvalue weighted by Crippen LogP contribution is -2.30. The largest absolute Gasteiger partial charge is 0.425 e. The minimum Gasteiger partial charge on any atom is -0.425 e. The van der Waals surface area contributed by atoms with Crippen LogP contribution in [0.4, 0.5) is 5.69 Å². The molecule has 1 aromatic carbocycles. The fourth-order valence-electron chi connectivity index (χ4n) is 2.55. The van der Waals surface area contributed by atoms with Gasteiger partial charge in [0.15, 0.2) is 0 Å². The molecule has 1 aliphatic rings. The maximum Gasteiger partial charge on any atom is 0.313 e. The van der Waals surface area contributed by atoms with Crippen LogP contribution in [0.3, 0.4) is 0 Å². The van der Waals surface area contributed by atoms with Crippen molar-refractivity contribution in [2.75, 3.05) is 7.11 Å². The monoisotopic (exact) mass is 344 g/mol. The van der Waals surface area contributed by atoms with Gasteiger partial charge in [-0.3, -0.25) is 10.1 Å². The lowest BCUT2D eigenvalue weighted by Gasteiger charge is -2.29. The first kappa shape index (κ1) is 17.3. The Morgan fingerprint density at radius 2 is 2.05 bits per heavy atom. The first-order valence-electron chi connectivity index (χ1n) is 7.32. The second kappa shape index (κ2) is 7.51. The Labute approximate surface area is 135 Å². The van der Waals surface area contributed by atoms with Gasteiger partial charge in [0.25, 0.3) is 0 Å². The normalized spacial score (nSPS) is 18.6. The van der Waals surface area contributed by atoms with E-state index in [0.29, 0.717) is 0 Å². The lowest BCUT2D eigenvalue weighted by atomic mass is 9.96. The van der Waals surface area contributed by atoms with Gasteiger partial charge in [0, 0.05) is 19.2 Å². The molecule has 0 bridgehead atoms. The Morgan fingerprint density at radius 3 is 2.64 bits per heavy atom. The quantitative estimate of drug-likeness (QED) is 0.476. The summed E-state index contributed by atoms with van der Waals surface area (Å²) in [7, 11) is 1.48. The minimum absolute atomic E-state index is 0.0864. The molecule has 0 radical (unpaired) electrons. The van der Waals surface area contributed by atoms with Crippen LogP contribution in [0, 0.1) is 17.0 Å². The second-order valence-electron chi connectivity index (χ2n) is 5.46. The van der Waals surface area contributed by atoms with Gasteiger partial charge in [0.05, 0.1) is 4.92 Å². The van der Waals surface area contributed by atoms with Crippen LogP contribution in [0.15, 0.2) is 18.2 Å². The molecule has 1 aliphatic carbocycles. The number of hydrogen-bond donors (Lipinski definition) is 1. The number of nitro benzene ring substituents is 1. The van der Waals surface area contributed by atoms with Crippen LogP contribution >= 0.6 is 6.64 Å². The zero-order valence-electron chi connectivity index (χ0n) is 12.8. The third-order valence-corrected chi connectivity index (χ3v) is 6.30. The number of nitrogens with one attached hydrogen (secondary N) is 1. The lowest BCUT2D eigenvalue weighted by molar-refractivity contribution is -0.385. The standard InChI is InChI=1S/C14H21N2O4PS/c1-11-8-9-14(13(10-11)16(17)18)20-21(22,19-2)15-12-6-4-3-5-7-12/h8-10,12H,3-7H2,1-2H3,(H,15,22). The molecular weight excluding hydrogens is 323 g/mol. The third kappa shape index (κ3) is 4.49. The van der Waals surface area contributed by atoms with E-state index in [9.17, 15) is 10.1 Å². The van der Waals surface area contributed by atoms with Crippen molar-refractivity contribution in [3.8, 4) is 5.75 Å². The van der Waals surface area contributed by atoms with E-state index in [1.54, 1.807) is 19.1 Å². The maximum atomic E-state index is 11.2. The van der Waals surface area contributed by atoms with Crippen molar-refractivity contribution in [2.45, 2.75) is 45.1 Å². The first-order valence-corrected chi connectivity index (χ1v) is 9.95. The summed E-state index contributed by atoms with van der Waals surface area (Å²) in [4.78, 5) is 10.7. The molecule has 1 atom stereocenters. The molecule has 2 rings (SSSR count). The van der Waals surface area contributed by atoms with E-state index in [0.717, 1.165) is 31.2 Å². The zero-order chi connectivity index (χ0) is 16.2. The number of rotatable bonds is 6. The topological polar surface area (TPSA) is 73.6 Å². The molecule has 6 nitrogen and oxygen atoms in total. The van der Waals surface area contributed by atoms with Gasteiger partial charge in [-0.05, 0) is 43.2 Å². The zero-order valence-corrected chi connectivity index (χ0v) is 14.5. The Hall–Kier alpha value is -1.01. The number of nitro groups is 1. The number of aryl methyl sites for hydroxylation is 1. The smallest absolute Gasteiger partial charge is 0.313 e. The second-order valence-corrected chi connectivity index (χ2v) is 8.71. The highest BCUT2D eigenvalue weighted by atomic mass is 32.5. The Bertz CT molecular complexity index is 590. The molecule has 1 N–H and O–H groups in total. The molecule has 0 saturated heterocycles. The van der Waals surface area contributed by atoms with Gasteiger partial charge in [-0.1, -0.05) is 25.3 Å². The number of hydrogen-bond acceptors (Lipinski definition) is 5. The molecule has 1 saturated carbocycles. The Kier molecular flexibility index (Phi) is 5.92. The molecule has 0 heterocycles. The van der Waals surface area contributed by atoms with Crippen LogP contribution < -0.4 is 9.61 Å². The van der Waals surface area contributed by atoms with Gasteiger partial charge in [-0.25, -0.2) is 5.09 Å². The summed E-state index contributed by atoms with van der Waals surface area (Å²) in [6, 6.07) is 5.07. The fraction of sp³-hybridized carbons (Fsp3) is 0.571. The van der Waals surface area contributed by atoms with E-state index in [1.807, 2.05) is 0 Å². The molecule has 1 aromatic rings. The van der Waals surface area contributed by atoms with Crippen LogP contribution in [0.25, 0.3) is 0 Å². The Morgan fingerprint density at radius 1 is 1.36 bits per heavy atom. The summed E-state index contributed by atoms with van der Waals surface area (Å²) in [6.45, 7) is -0.998. The van der Waals surface area contributed by atoms with Crippen LogP contribution in [-0.2, 0) is 16.3 Å². The van der Waals surface area contributed by atoms with E-state index in [-0.39, 0.29) is 17.5 Å². The van der Waals surface area contributed by atoms with Crippen molar-refractivity contribution in [3.63, 3.8) is 0 Å². The number of benzene rings is 1. The van der Waals surface area contributed by atoms with Gasteiger partial charge < -0.3 is 9.05 Å². The minimum atomic E-state index is -2.79. The molecule has 122 valence electrons. The highest BCUT2D eigenvalue weighted by molar-refractivity contribution is 8.09. The van der Waals surface area contributed by atoms with E-state index < -0.39 is 11.6 Å². The van der Waals surface area contributed by atoms with Crippen LogP contribution in [0.2, 0.25) is 0 Å². The van der Waals surface area contributed by atoms with Gasteiger partial charge in [0.1, 0.15) is 0 Å². The molecule has 0 spiro atoms. The van der Waals surface area contributed by atoms with Crippen LogP contribution in [0.5, 0.6) is 5.75 Å². The molecule has 0 aromatic heterocycles. The van der Waals surface area contributed by atoms with Crippen molar-refractivity contribution >= 4 is 24.1 Å². The summed E-state index contributed by atoms with van der Waals surface area (Å²) in [5.74, 6) is 0.157. The highest BCUT2D eigenvalue weighted by Crippen LogP contribution is 2.47. The van der Waals surface area contributed by atoms with Crippen LogP contribution in [-0.4, -0.2) is 18.1 Å². The van der Waals surface area contributed by atoms with Gasteiger partial charge in [-0.15, -0.1) is 0 Å². The molecule has 0 aliphatic heterocycles. The predicted molar refractivity (Wildman–Crippen MR) is 89.8 cm³/mol. The average molecular weight is 344 g/mol. The van der Waals surface area contributed by atoms with Gasteiger partial charge >= 0.3 is 12.3 Å². The molecule has 1 unspecified atom stereocenters. The van der Waals surface area contributed by atoms with E-state index >= 15 is 0 Å². The first-order chi connectivity index (χ1) is 10.4. The highest BCUT2D eigenvalue weighted by Gasteiger charge is 2.28. The summed E-state index contributed by atoms with van der Waals surface area (Å²) >= 11 is 5.48. The summed E-state index contributed by atoms with van der Waals surface area (Å²) in [5, 5.41) is 14.5. The summed E-state index contributed by atoms with van der Waals surface area (Å²) in [5.41, 5.74) is 0.710. The van der Waals surface area contributed by atoms with Gasteiger partial charge in [0.2, 0.25) is 5.75 Å². The van der Waals surface area contributed by atoms with E-state index in [4.69, 9.17) is 20.9 Å². The fourth-order valence-corrected chi connectivity index (χ4v) is 4.59. The molecule has 1 fully saturated rings. The number of nitrogens with zero attached hydrogens (tertiary/aromatic N) is 1. The average Bonchev–Trinajstić information content (AvgIpc) is 2.50. The van der Waals surface area contributed by atoms with Crippen LogP contribution in [0.1, 0.15) is 37.7 Å². The maximum absolute atomic E-state index is 11.2. The molecule has 0 amide bonds.